The van der Waals surface area contributed by atoms with Gasteiger partial charge in [-0.05, 0) is 12.8 Å². The lowest BCUT2D eigenvalue weighted by atomic mass is 10.1. The number of carboxylic acid groups (broad SMARTS) is 2. The van der Waals surface area contributed by atoms with E-state index in [0.29, 0.717) is 0 Å². The van der Waals surface area contributed by atoms with Crippen LogP contribution in [0, 0.1) is 0 Å². The number of alkyl halides is 3. The van der Waals surface area contributed by atoms with E-state index < -0.39 is 43.3 Å². The van der Waals surface area contributed by atoms with E-state index in [-0.39, 0.29) is 19.3 Å². The summed E-state index contributed by atoms with van der Waals surface area (Å²) >= 11 is 0. The van der Waals surface area contributed by atoms with Crippen molar-refractivity contribution in [2.45, 2.75) is 31.5 Å². The van der Waals surface area contributed by atoms with E-state index in [9.17, 15) is 27.6 Å². The Kier molecular flexibility index (Phi) is 7.59. The van der Waals surface area contributed by atoms with Gasteiger partial charge >= 0.3 is 18.1 Å². The number of hydrogen-bond acceptors (Lipinski definition) is 4. The predicted octanol–water partition coefficient (Wildman–Crippen LogP) is 0.390. The van der Waals surface area contributed by atoms with Gasteiger partial charge in [0, 0.05) is 6.42 Å². The van der Waals surface area contributed by atoms with Gasteiger partial charge in [-0.25, -0.2) is 4.79 Å². The summed E-state index contributed by atoms with van der Waals surface area (Å²) in [7, 11) is 0. The summed E-state index contributed by atoms with van der Waals surface area (Å²) in [5.74, 6) is -3.54. The van der Waals surface area contributed by atoms with Crippen LogP contribution in [0.4, 0.5) is 13.2 Å². The molecule has 1 amide bonds. The minimum atomic E-state index is -4.58. The van der Waals surface area contributed by atoms with Gasteiger partial charge < -0.3 is 20.3 Å². The molecule has 0 aliphatic rings. The first-order valence-electron chi connectivity index (χ1n) is 5.50. The first kappa shape index (κ1) is 18.2. The smallest absolute Gasteiger partial charge is 0.411 e. The van der Waals surface area contributed by atoms with Crippen molar-refractivity contribution in [1.29, 1.82) is 0 Å². The summed E-state index contributed by atoms with van der Waals surface area (Å²) in [5, 5.41) is 19.1. The van der Waals surface area contributed by atoms with Crippen LogP contribution in [-0.2, 0) is 19.1 Å². The maximum atomic E-state index is 11.7. The predicted molar refractivity (Wildman–Crippen MR) is 57.9 cm³/mol. The van der Waals surface area contributed by atoms with Gasteiger partial charge in [-0.15, -0.1) is 0 Å². The molecule has 20 heavy (non-hydrogen) atoms. The lowest BCUT2D eigenvalue weighted by Crippen LogP contribution is -2.42. The average molecular weight is 301 g/mol. The van der Waals surface area contributed by atoms with Crippen molar-refractivity contribution in [3.05, 3.63) is 0 Å². The molecule has 10 heteroatoms. The molecular weight excluding hydrogens is 287 g/mol. The van der Waals surface area contributed by atoms with Gasteiger partial charge in [-0.2, -0.15) is 13.2 Å². The molecular formula is C10H14F3NO6. The molecule has 3 N–H and O–H groups in total. The van der Waals surface area contributed by atoms with Crippen LogP contribution in [0.25, 0.3) is 0 Å². The molecule has 0 aromatic heterocycles. The van der Waals surface area contributed by atoms with Crippen LogP contribution in [0.5, 0.6) is 0 Å². The number of hydrogen-bond donors (Lipinski definition) is 3. The lowest BCUT2D eigenvalue weighted by molar-refractivity contribution is -0.176. The molecule has 0 heterocycles. The minimum absolute atomic E-state index is 0.00991. The van der Waals surface area contributed by atoms with Crippen molar-refractivity contribution in [1.82, 2.24) is 5.32 Å². The van der Waals surface area contributed by atoms with Gasteiger partial charge in [0.15, 0.2) is 0 Å². The molecule has 0 bridgehead atoms. The number of ether oxygens (including phenoxy) is 1. The third-order valence-electron chi connectivity index (χ3n) is 2.02. The number of carboxylic acids is 2. The van der Waals surface area contributed by atoms with Gasteiger partial charge in [0.2, 0.25) is 5.91 Å². The van der Waals surface area contributed by atoms with Crippen molar-refractivity contribution < 1.29 is 42.5 Å². The summed E-state index contributed by atoms with van der Waals surface area (Å²) in [6.07, 6.45) is -4.99. The topological polar surface area (TPSA) is 113 Å². The van der Waals surface area contributed by atoms with Crippen molar-refractivity contribution in [2.75, 3.05) is 13.2 Å². The highest BCUT2D eigenvalue weighted by molar-refractivity contribution is 5.84. The molecule has 0 saturated heterocycles. The first-order chi connectivity index (χ1) is 9.11. The van der Waals surface area contributed by atoms with E-state index in [1.54, 1.807) is 0 Å². The molecule has 7 nitrogen and oxygen atoms in total. The van der Waals surface area contributed by atoms with E-state index in [1.165, 1.54) is 0 Å². The molecule has 0 aliphatic heterocycles. The normalized spacial score (nSPS) is 12.8. The highest BCUT2D eigenvalue weighted by Crippen LogP contribution is 2.14. The Labute approximate surface area is 111 Å². The fourth-order valence-corrected chi connectivity index (χ4v) is 1.21. The zero-order valence-electron chi connectivity index (χ0n) is 10.3. The highest BCUT2D eigenvalue weighted by atomic mass is 19.4. The van der Waals surface area contributed by atoms with Crippen LogP contribution in [0.1, 0.15) is 19.3 Å². The van der Waals surface area contributed by atoms with Gasteiger partial charge in [0.25, 0.3) is 0 Å². The molecule has 0 spiro atoms. The van der Waals surface area contributed by atoms with Crippen LogP contribution >= 0.6 is 0 Å². The number of nitrogens with one attached hydrogen (secondary N) is 1. The zero-order chi connectivity index (χ0) is 15.8. The maximum Gasteiger partial charge on any atom is 0.411 e. The van der Waals surface area contributed by atoms with E-state index in [0.717, 1.165) is 0 Å². The Morgan fingerprint density at radius 3 is 2.25 bits per heavy atom. The maximum absolute atomic E-state index is 11.7. The molecule has 0 unspecified atom stereocenters. The Morgan fingerprint density at radius 1 is 1.20 bits per heavy atom. The fraction of sp³-hybridized carbons (Fsp3) is 0.700. The summed E-state index contributed by atoms with van der Waals surface area (Å²) in [4.78, 5) is 32.2. The van der Waals surface area contributed by atoms with E-state index >= 15 is 0 Å². The van der Waals surface area contributed by atoms with Crippen LogP contribution in [0.15, 0.2) is 0 Å². The highest BCUT2D eigenvalue weighted by Gasteiger charge is 2.28. The molecule has 1 atom stereocenters. The largest absolute Gasteiger partial charge is 0.481 e. The molecule has 116 valence electrons. The van der Waals surface area contributed by atoms with Gasteiger partial charge in [-0.1, -0.05) is 0 Å². The second-order valence-corrected chi connectivity index (χ2v) is 3.85. The third kappa shape index (κ3) is 10.1. The fourth-order valence-electron chi connectivity index (χ4n) is 1.21. The minimum Gasteiger partial charge on any atom is -0.481 e. The van der Waals surface area contributed by atoms with Crippen LogP contribution in [0.2, 0.25) is 0 Å². The third-order valence-corrected chi connectivity index (χ3v) is 2.02. The van der Waals surface area contributed by atoms with Crippen molar-refractivity contribution in [2.24, 2.45) is 0 Å². The number of rotatable bonds is 9. The second kappa shape index (κ2) is 8.35. The van der Waals surface area contributed by atoms with E-state index in [1.807, 2.05) is 5.32 Å². The lowest BCUT2D eigenvalue weighted by Gasteiger charge is -2.14. The summed E-state index contributed by atoms with van der Waals surface area (Å²) in [6.45, 7) is -2.54. The van der Waals surface area contributed by atoms with Crippen LogP contribution in [0.3, 0.4) is 0 Å². The monoisotopic (exact) mass is 301 g/mol. The summed E-state index contributed by atoms with van der Waals surface area (Å²) < 4.78 is 39.3. The molecule has 0 saturated carbocycles. The number of amides is 1. The number of carbonyl (C=O) groups excluding carboxylic acids is 1. The van der Waals surface area contributed by atoms with Crippen molar-refractivity contribution >= 4 is 17.8 Å². The number of aliphatic carboxylic acids is 2. The molecule has 0 rings (SSSR count). The zero-order valence-corrected chi connectivity index (χ0v) is 10.3. The van der Waals surface area contributed by atoms with Crippen molar-refractivity contribution in [3.63, 3.8) is 0 Å². The molecule has 0 aromatic carbocycles. The van der Waals surface area contributed by atoms with Crippen LogP contribution in [-0.4, -0.2) is 53.5 Å². The second-order valence-electron chi connectivity index (χ2n) is 3.85. The standard InChI is InChI=1S/C10H14F3NO6/c11-10(12,13)5-20-4-7(15)14-6(9(18)19)2-1-3-8(16)17/h6H,1-5H2,(H,14,15)(H,16,17)(H,18,19)/t6-/m1/s1. The quantitative estimate of drug-likeness (QED) is 0.568. The molecule has 0 aliphatic carbocycles. The van der Waals surface area contributed by atoms with Gasteiger partial charge in [0.1, 0.15) is 19.3 Å². The van der Waals surface area contributed by atoms with Crippen molar-refractivity contribution in [3.8, 4) is 0 Å². The molecule has 0 aromatic rings. The number of carbonyl (C=O) groups is 3. The summed E-state index contributed by atoms with van der Waals surface area (Å²) in [6, 6.07) is -1.36. The van der Waals surface area contributed by atoms with E-state index in [4.69, 9.17) is 10.2 Å². The van der Waals surface area contributed by atoms with E-state index in [2.05, 4.69) is 4.74 Å². The molecule has 0 fully saturated rings. The van der Waals surface area contributed by atoms with Crippen LogP contribution < -0.4 is 5.32 Å². The molecule has 0 radical (unpaired) electrons. The Bertz CT molecular complexity index is 357. The first-order valence-corrected chi connectivity index (χ1v) is 5.50. The number of halogens is 3. The Hall–Kier alpha value is -1.84. The van der Waals surface area contributed by atoms with Gasteiger partial charge in [-0.3, -0.25) is 9.59 Å². The SMILES string of the molecule is O=C(O)CCC[C@@H](NC(=O)COCC(F)(F)F)C(=O)O. The average Bonchev–Trinajstić information content (AvgIpc) is 2.25. The Balaban J connectivity index is 4.08. The summed E-state index contributed by atoms with van der Waals surface area (Å²) in [5.41, 5.74) is 0. The van der Waals surface area contributed by atoms with Gasteiger partial charge in [0.05, 0.1) is 0 Å². The Morgan fingerprint density at radius 2 is 1.80 bits per heavy atom.